The van der Waals surface area contributed by atoms with Gasteiger partial charge in [0.25, 0.3) is 14.1 Å². The van der Waals surface area contributed by atoms with Crippen molar-refractivity contribution in [2.45, 2.75) is 173 Å². The SMILES string of the molecule is CCCCCCCCCCCCCCCNC(=O)NCCC[C@@H]1[C@H](OP(OCCC#N)N(C(C)C)C(C)C)[C@@H](COC(c2ccccc2)(c2ccc(OC)cc2)c2ccc(OC)cc2)O[C@H]1n1ccc(=O)[nH]c1=O. The van der Waals surface area contributed by atoms with Gasteiger partial charge in [-0.25, -0.2) is 14.3 Å². The summed E-state index contributed by atoms with van der Waals surface area (Å²) in [6, 6.07) is 28.8. The molecule has 1 saturated heterocycles. The van der Waals surface area contributed by atoms with Gasteiger partial charge in [-0.2, -0.15) is 5.26 Å². The van der Waals surface area contributed by atoms with E-state index in [1.807, 2.05) is 78.9 Å². The van der Waals surface area contributed by atoms with Crippen molar-refractivity contribution in [1.29, 1.82) is 5.26 Å². The lowest BCUT2D eigenvalue weighted by atomic mass is 9.80. The Labute approximate surface area is 442 Å². The van der Waals surface area contributed by atoms with Gasteiger partial charge in [0.1, 0.15) is 35.5 Å². The van der Waals surface area contributed by atoms with E-state index in [1.165, 1.54) is 87.5 Å². The minimum atomic E-state index is -1.82. The molecule has 15 nitrogen and oxygen atoms in total. The average Bonchev–Trinajstić information content (AvgIpc) is 3.73. The summed E-state index contributed by atoms with van der Waals surface area (Å²) in [5, 5.41) is 15.7. The van der Waals surface area contributed by atoms with E-state index in [0.717, 1.165) is 29.5 Å². The Hall–Kier alpha value is -5.07. The van der Waals surface area contributed by atoms with E-state index in [0.29, 0.717) is 37.4 Å². The number of H-pyrrole nitrogens is 1. The maximum Gasteiger partial charge on any atom is 0.330 e. The summed E-state index contributed by atoms with van der Waals surface area (Å²) in [4.78, 5) is 41.7. The van der Waals surface area contributed by atoms with Crippen molar-refractivity contribution in [2.75, 3.05) is 40.5 Å². The number of carbonyl (C=O) groups excluding carboxylic acids is 1. The number of nitriles is 1. The van der Waals surface area contributed by atoms with E-state index in [2.05, 4.69) is 61.0 Å². The van der Waals surface area contributed by atoms with Gasteiger partial charge in [0, 0.05) is 43.4 Å². The number of unbranched alkanes of at least 4 members (excludes halogenated alkanes) is 12. The number of nitrogens with zero attached hydrogens (tertiary/aromatic N) is 3. The van der Waals surface area contributed by atoms with Crippen molar-refractivity contribution in [3.8, 4) is 17.6 Å². The van der Waals surface area contributed by atoms with Crippen molar-refractivity contribution in [3.63, 3.8) is 0 Å². The van der Waals surface area contributed by atoms with Gasteiger partial charge < -0.3 is 38.6 Å². The van der Waals surface area contributed by atoms with Crippen LogP contribution < -0.4 is 31.4 Å². The predicted octanol–water partition coefficient (Wildman–Crippen LogP) is 11.9. The van der Waals surface area contributed by atoms with Crippen LogP contribution in [0.2, 0.25) is 0 Å². The molecule has 1 aliphatic heterocycles. The topological polar surface area (TPSA) is 178 Å². The molecule has 1 aliphatic rings. The Morgan fingerprint density at radius 1 is 0.757 bits per heavy atom. The number of nitrogens with one attached hydrogen (secondary N) is 3. The summed E-state index contributed by atoms with van der Waals surface area (Å²) >= 11 is 0. The predicted molar refractivity (Wildman–Crippen MR) is 293 cm³/mol. The number of rotatable bonds is 35. The molecule has 3 N–H and O–H groups in total. The molecule has 0 radical (unpaired) electrons. The lowest BCUT2D eigenvalue weighted by molar-refractivity contribution is -0.0933. The van der Waals surface area contributed by atoms with Crippen LogP contribution in [-0.2, 0) is 24.1 Å². The molecule has 5 atom stereocenters. The first-order valence-electron chi connectivity index (χ1n) is 27.2. The molecule has 1 aromatic heterocycles. The Bertz CT molecular complexity index is 2300. The molecule has 0 spiro atoms. The molecule has 2 heterocycles. The normalized spacial score (nSPS) is 17.1. The third kappa shape index (κ3) is 17.8. The van der Waals surface area contributed by atoms with Gasteiger partial charge in [0.15, 0.2) is 0 Å². The van der Waals surface area contributed by atoms with Crippen molar-refractivity contribution in [1.82, 2.24) is 24.9 Å². The van der Waals surface area contributed by atoms with E-state index in [-0.39, 0.29) is 37.7 Å². The number of benzene rings is 3. The molecular formula is C58H85N6O9P. The third-order valence-electron chi connectivity index (χ3n) is 13.7. The average molecular weight is 1040 g/mol. The maximum atomic E-state index is 13.7. The van der Waals surface area contributed by atoms with E-state index >= 15 is 0 Å². The van der Waals surface area contributed by atoms with Gasteiger partial charge in [-0.05, 0) is 87.9 Å². The minimum absolute atomic E-state index is 0.00501. The third-order valence-corrected chi connectivity index (χ3v) is 15.8. The number of aromatic amines is 1. The van der Waals surface area contributed by atoms with E-state index in [9.17, 15) is 19.6 Å². The second kappa shape index (κ2) is 32.4. The van der Waals surface area contributed by atoms with Crippen LogP contribution in [0.1, 0.15) is 160 Å². The van der Waals surface area contributed by atoms with Gasteiger partial charge in [0.05, 0.1) is 39.9 Å². The molecule has 74 heavy (non-hydrogen) atoms. The fourth-order valence-electron chi connectivity index (χ4n) is 9.91. The van der Waals surface area contributed by atoms with E-state index in [1.54, 1.807) is 14.2 Å². The number of hydrogen-bond donors (Lipinski definition) is 3. The number of ether oxygens (including phenoxy) is 4. The van der Waals surface area contributed by atoms with Crippen molar-refractivity contribution in [3.05, 3.63) is 129 Å². The minimum Gasteiger partial charge on any atom is -0.497 e. The molecule has 3 aromatic carbocycles. The van der Waals surface area contributed by atoms with Crippen molar-refractivity contribution in [2.24, 2.45) is 5.92 Å². The first-order valence-corrected chi connectivity index (χ1v) is 28.3. The van der Waals surface area contributed by atoms with Gasteiger partial charge in [0.2, 0.25) is 0 Å². The molecule has 2 amide bonds. The molecule has 0 saturated carbocycles. The Balaban J connectivity index is 1.41. The highest BCUT2D eigenvalue weighted by Crippen LogP contribution is 2.53. The van der Waals surface area contributed by atoms with Crippen LogP contribution in [0.5, 0.6) is 11.5 Å². The lowest BCUT2D eigenvalue weighted by Gasteiger charge is -2.39. The van der Waals surface area contributed by atoms with E-state index in [4.69, 9.17) is 28.0 Å². The molecule has 4 aromatic rings. The molecule has 1 fully saturated rings. The maximum absolute atomic E-state index is 13.7. The monoisotopic (exact) mass is 1040 g/mol. The zero-order valence-electron chi connectivity index (χ0n) is 45.2. The van der Waals surface area contributed by atoms with Crippen LogP contribution in [0, 0.1) is 17.2 Å². The number of methoxy groups -OCH3 is 2. The quantitative estimate of drug-likeness (QED) is 0.0227. The van der Waals surface area contributed by atoms with Gasteiger partial charge in [-0.15, -0.1) is 0 Å². The largest absolute Gasteiger partial charge is 0.497 e. The van der Waals surface area contributed by atoms with Crippen molar-refractivity contribution >= 4 is 14.6 Å². The van der Waals surface area contributed by atoms with Gasteiger partial charge in [-0.3, -0.25) is 14.3 Å². The Kier molecular flexibility index (Phi) is 26.2. The standard InChI is InChI=1S/C58H85N6O9P/c1-8-9-10-11-12-13-14-15-16-17-18-19-23-39-60-56(66)61-40-24-28-51-54(73-74(71-42-25-38-59)64(44(2)3)45(4)5)52(72-55(51)63-41-37-53(65)62-57(63)67)43-70-58(46-26-21-20-22-27-46,47-29-33-49(68-6)34-30-47)48-31-35-50(69-7)36-32-48/h20-22,26-27,29-37,41,44-45,51-52,54-55H,8-19,23-25,28,39-40,42-43H2,1-7H3,(H2,60,61,66)(H,62,65,67)/t51-,52-,54+,55-,74?/m1/s1. The molecular weight excluding hydrogens is 956 g/mol. The molecule has 0 aliphatic carbocycles. The van der Waals surface area contributed by atoms with Gasteiger partial charge in [-0.1, -0.05) is 139 Å². The number of aromatic nitrogens is 2. The van der Waals surface area contributed by atoms with Crippen LogP contribution in [0.15, 0.2) is 101 Å². The van der Waals surface area contributed by atoms with E-state index < -0.39 is 49.7 Å². The molecule has 406 valence electrons. The second-order valence-corrected chi connectivity index (χ2v) is 21.2. The summed E-state index contributed by atoms with van der Waals surface area (Å²) in [6.45, 7) is 11.6. The summed E-state index contributed by atoms with van der Waals surface area (Å²) < 4.78 is 43.0. The number of hydrogen-bond acceptors (Lipinski definition) is 11. The Morgan fingerprint density at radius 2 is 1.28 bits per heavy atom. The van der Waals surface area contributed by atoms with Crippen LogP contribution >= 0.6 is 8.53 Å². The summed E-state index contributed by atoms with van der Waals surface area (Å²) in [5.74, 6) is 0.851. The summed E-state index contributed by atoms with van der Waals surface area (Å²) in [7, 11) is 1.44. The summed E-state index contributed by atoms with van der Waals surface area (Å²) in [5.41, 5.74) is 0.112. The smallest absolute Gasteiger partial charge is 0.330 e. The second-order valence-electron chi connectivity index (χ2n) is 19.7. The fraction of sp³-hybridized carbons (Fsp3) is 0.586. The molecule has 5 rings (SSSR count). The van der Waals surface area contributed by atoms with Crippen LogP contribution in [0.4, 0.5) is 4.79 Å². The summed E-state index contributed by atoms with van der Waals surface area (Å²) in [6.07, 6.45) is 16.5. The molecule has 16 heteroatoms. The molecule has 0 bridgehead atoms. The molecule has 1 unspecified atom stereocenters. The zero-order chi connectivity index (χ0) is 53.1. The highest BCUT2D eigenvalue weighted by Gasteiger charge is 2.50. The van der Waals surface area contributed by atoms with Crippen LogP contribution in [0.25, 0.3) is 0 Å². The zero-order valence-corrected chi connectivity index (χ0v) is 46.1. The number of amides is 2. The highest BCUT2D eigenvalue weighted by atomic mass is 31.2. The highest BCUT2D eigenvalue weighted by molar-refractivity contribution is 7.44. The van der Waals surface area contributed by atoms with Crippen molar-refractivity contribution < 1.29 is 32.8 Å². The first-order chi connectivity index (χ1) is 36.0. The van der Waals surface area contributed by atoms with Crippen LogP contribution in [0.3, 0.4) is 0 Å². The fourth-order valence-corrected chi connectivity index (χ4v) is 11.7. The Morgan fingerprint density at radius 3 is 1.80 bits per heavy atom. The van der Waals surface area contributed by atoms with Crippen LogP contribution in [-0.4, -0.2) is 85.1 Å². The first kappa shape index (κ1) is 59.8. The number of urea groups is 1. The van der Waals surface area contributed by atoms with Gasteiger partial charge >= 0.3 is 11.7 Å². The number of carbonyl (C=O) groups is 1. The lowest BCUT2D eigenvalue weighted by Crippen LogP contribution is -2.41.